The molecule has 96 valence electrons. The molecule has 4 heteroatoms. The van der Waals surface area contributed by atoms with Gasteiger partial charge < -0.3 is 0 Å². The summed E-state index contributed by atoms with van der Waals surface area (Å²) in [6.07, 6.45) is 3.34. The third-order valence-corrected chi connectivity index (χ3v) is 2.71. The smallest absolute Gasteiger partial charge is 0.233 e. The van der Waals surface area contributed by atoms with Gasteiger partial charge in [0.25, 0.3) is 0 Å². The zero-order valence-corrected chi connectivity index (χ0v) is 10.3. The second-order valence-electron chi connectivity index (χ2n) is 4.02. The van der Waals surface area contributed by atoms with Crippen molar-refractivity contribution in [2.75, 3.05) is 0 Å². The topological polar surface area (TPSA) is 68.3 Å². The highest BCUT2D eigenvalue weighted by Crippen LogP contribution is 2.10. The zero-order valence-electron chi connectivity index (χ0n) is 10.3. The first-order valence-corrected chi connectivity index (χ1v) is 5.71. The van der Waals surface area contributed by atoms with Crippen LogP contribution in [0.15, 0.2) is 48.5 Å². The molecule has 0 aromatic heterocycles. The van der Waals surface area contributed by atoms with Crippen molar-refractivity contribution in [3.05, 3.63) is 70.8 Å². The lowest BCUT2D eigenvalue weighted by molar-refractivity contribution is 0.0817. The van der Waals surface area contributed by atoms with Crippen molar-refractivity contribution in [1.29, 1.82) is 0 Å². The van der Waals surface area contributed by atoms with E-state index in [0.29, 0.717) is 5.56 Å². The van der Waals surface area contributed by atoms with E-state index in [2.05, 4.69) is 0 Å². The second kappa shape index (κ2) is 5.84. The van der Waals surface area contributed by atoms with Crippen LogP contribution in [0.2, 0.25) is 0 Å². The van der Waals surface area contributed by atoms with E-state index in [1.165, 1.54) is 48.5 Å². The van der Waals surface area contributed by atoms with Crippen molar-refractivity contribution in [3.63, 3.8) is 0 Å². The lowest BCUT2D eigenvalue weighted by Crippen LogP contribution is -2.14. The first-order chi connectivity index (χ1) is 9.65. The lowest BCUT2D eigenvalue weighted by Gasteiger charge is -2.01. The molecule has 0 atom stereocenters. The van der Waals surface area contributed by atoms with Gasteiger partial charge in [0.2, 0.25) is 24.1 Å². The van der Waals surface area contributed by atoms with Crippen molar-refractivity contribution in [2.24, 2.45) is 0 Å². The van der Waals surface area contributed by atoms with Gasteiger partial charge >= 0.3 is 0 Å². The summed E-state index contributed by atoms with van der Waals surface area (Å²) in [6, 6.07) is 11.3. The van der Waals surface area contributed by atoms with Crippen molar-refractivity contribution in [3.8, 4) is 0 Å². The Morgan fingerprint density at radius 2 is 1.30 bits per heavy atom. The fraction of sp³-hybridized carbons (Fsp3) is 0. The molecule has 0 amide bonds. The van der Waals surface area contributed by atoms with E-state index in [1.54, 1.807) is 12.6 Å². The number of benzene rings is 2. The van der Waals surface area contributed by atoms with Crippen LogP contribution in [0.5, 0.6) is 0 Å². The Morgan fingerprint density at radius 1 is 0.700 bits per heavy atom. The summed E-state index contributed by atoms with van der Waals surface area (Å²) in [4.78, 5) is 44.9. The number of ketones is 2. The van der Waals surface area contributed by atoms with Gasteiger partial charge in [0.15, 0.2) is 0 Å². The SMILES string of the molecule is O=[C]c1ccc(C(=O)C(=O)c2cccc([C]=O)c2)cc1. The van der Waals surface area contributed by atoms with E-state index in [0.717, 1.165) is 0 Å². The Hall–Kier alpha value is -2.88. The maximum atomic E-state index is 12.0. The highest BCUT2D eigenvalue weighted by atomic mass is 16.2. The molecule has 0 spiro atoms. The third-order valence-electron chi connectivity index (χ3n) is 2.71. The normalized spacial score (nSPS) is 9.80. The van der Waals surface area contributed by atoms with Crippen LogP contribution in [0.1, 0.15) is 31.8 Å². The molecule has 0 heterocycles. The Labute approximate surface area is 115 Å². The van der Waals surface area contributed by atoms with E-state index < -0.39 is 11.6 Å². The molecule has 0 N–H and O–H groups in total. The summed E-state index contributed by atoms with van der Waals surface area (Å²) in [5.74, 6) is -1.42. The molecular formula is C16H8O4. The maximum Gasteiger partial charge on any atom is 0.233 e. The molecule has 0 saturated carbocycles. The minimum atomic E-state index is -0.718. The molecule has 0 saturated heterocycles. The van der Waals surface area contributed by atoms with E-state index in [-0.39, 0.29) is 16.7 Å². The van der Waals surface area contributed by atoms with Crippen molar-refractivity contribution < 1.29 is 19.2 Å². The van der Waals surface area contributed by atoms with Gasteiger partial charge in [-0.2, -0.15) is 0 Å². The van der Waals surface area contributed by atoms with Gasteiger partial charge in [0, 0.05) is 22.3 Å². The maximum absolute atomic E-state index is 12.0. The van der Waals surface area contributed by atoms with Crippen LogP contribution in [-0.2, 0) is 9.59 Å². The van der Waals surface area contributed by atoms with Gasteiger partial charge in [-0.25, -0.2) is 0 Å². The van der Waals surface area contributed by atoms with Crippen LogP contribution in [0.4, 0.5) is 0 Å². The fourth-order valence-corrected chi connectivity index (χ4v) is 1.68. The van der Waals surface area contributed by atoms with Crippen LogP contribution >= 0.6 is 0 Å². The number of rotatable bonds is 5. The average Bonchev–Trinajstić information content (AvgIpc) is 2.53. The average molecular weight is 264 g/mol. The number of Topliss-reactive ketones (excluding diaryl/α,β-unsaturated/α-hetero) is 2. The number of hydrogen-bond donors (Lipinski definition) is 0. The van der Waals surface area contributed by atoms with Gasteiger partial charge in [0.05, 0.1) is 0 Å². The monoisotopic (exact) mass is 264 g/mol. The lowest BCUT2D eigenvalue weighted by atomic mass is 9.99. The largest absolute Gasteiger partial charge is 0.285 e. The standard InChI is InChI=1S/C16H8O4/c17-9-11-4-6-13(7-5-11)15(19)16(20)14-3-1-2-12(8-14)10-18/h1-8H. The molecule has 0 aliphatic rings. The summed E-state index contributed by atoms with van der Waals surface area (Å²) < 4.78 is 0. The number of carbonyl (C=O) groups excluding carboxylic acids is 4. The molecule has 0 unspecified atom stereocenters. The summed E-state index contributed by atoms with van der Waals surface area (Å²) >= 11 is 0. The minimum absolute atomic E-state index is 0.127. The summed E-state index contributed by atoms with van der Waals surface area (Å²) in [7, 11) is 0. The minimum Gasteiger partial charge on any atom is -0.285 e. The van der Waals surface area contributed by atoms with Crippen LogP contribution in [0, 0.1) is 0 Å². The van der Waals surface area contributed by atoms with E-state index in [9.17, 15) is 19.2 Å². The molecule has 0 fully saturated rings. The molecule has 2 rings (SSSR count). The van der Waals surface area contributed by atoms with E-state index in [1.807, 2.05) is 0 Å². The zero-order chi connectivity index (χ0) is 14.5. The van der Waals surface area contributed by atoms with E-state index in [4.69, 9.17) is 0 Å². The van der Waals surface area contributed by atoms with Gasteiger partial charge in [0.1, 0.15) is 0 Å². The molecule has 2 aromatic rings. The second-order valence-corrected chi connectivity index (χ2v) is 4.02. The van der Waals surface area contributed by atoms with Crippen LogP contribution in [0.3, 0.4) is 0 Å². The predicted molar refractivity (Wildman–Crippen MR) is 71.1 cm³/mol. The van der Waals surface area contributed by atoms with E-state index >= 15 is 0 Å². The van der Waals surface area contributed by atoms with Gasteiger partial charge in [-0.3, -0.25) is 19.2 Å². The Kier molecular flexibility index (Phi) is 3.96. The molecule has 0 aliphatic heterocycles. The molecule has 0 aliphatic carbocycles. The predicted octanol–water partition coefficient (Wildman–Crippen LogP) is 1.67. The quantitative estimate of drug-likeness (QED) is 0.608. The molecule has 2 aromatic carbocycles. The molecule has 4 nitrogen and oxygen atoms in total. The highest BCUT2D eigenvalue weighted by molar-refractivity contribution is 6.49. The van der Waals surface area contributed by atoms with Crippen LogP contribution in [-0.4, -0.2) is 24.1 Å². The summed E-state index contributed by atoms with van der Waals surface area (Å²) in [5.41, 5.74) is 0.803. The third kappa shape index (κ3) is 2.75. The number of hydrogen-bond acceptors (Lipinski definition) is 4. The van der Waals surface area contributed by atoms with Crippen molar-refractivity contribution in [2.45, 2.75) is 0 Å². The van der Waals surface area contributed by atoms with Gasteiger partial charge in [-0.05, 0) is 6.07 Å². The molecular weight excluding hydrogens is 256 g/mol. The van der Waals surface area contributed by atoms with Crippen molar-refractivity contribution >= 4 is 24.1 Å². The molecule has 0 bridgehead atoms. The Morgan fingerprint density at radius 3 is 1.90 bits per heavy atom. The first kappa shape index (κ1) is 13.5. The molecule has 2 radical (unpaired) electrons. The first-order valence-electron chi connectivity index (χ1n) is 5.71. The highest BCUT2D eigenvalue weighted by Gasteiger charge is 2.18. The van der Waals surface area contributed by atoms with Gasteiger partial charge in [-0.1, -0.05) is 42.5 Å². The Balaban J connectivity index is 2.29. The Bertz CT molecular complexity index is 684. The van der Waals surface area contributed by atoms with Gasteiger partial charge in [-0.15, -0.1) is 0 Å². The van der Waals surface area contributed by atoms with Crippen molar-refractivity contribution in [1.82, 2.24) is 0 Å². The summed E-state index contributed by atoms with van der Waals surface area (Å²) in [5, 5.41) is 0. The molecule has 20 heavy (non-hydrogen) atoms. The summed E-state index contributed by atoms with van der Waals surface area (Å²) in [6.45, 7) is 0. The van der Waals surface area contributed by atoms with Crippen LogP contribution in [0.25, 0.3) is 0 Å². The fourth-order valence-electron chi connectivity index (χ4n) is 1.68. The van der Waals surface area contributed by atoms with Crippen LogP contribution < -0.4 is 0 Å². The number of carbonyl (C=O) groups is 2.